The van der Waals surface area contributed by atoms with E-state index in [9.17, 15) is 17.6 Å². The molecule has 0 amide bonds. The van der Waals surface area contributed by atoms with E-state index in [-0.39, 0.29) is 18.6 Å². The van der Waals surface area contributed by atoms with Crippen LogP contribution < -0.4 is 4.74 Å². The van der Waals surface area contributed by atoms with E-state index in [0.29, 0.717) is 32.0 Å². The van der Waals surface area contributed by atoms with Gasteiger partial charge in [-0.05, 0) is 24.6 Å². The van der Waals surface area contributed by atoms with Crippen LogP contribution in [0.2, 0.25) is 0 Å². The Hall–Kier alpha value is -1.42. The SMILES string of the molecule is CCCCCC1COC(c2ccc(OCC(F)(F)F)c(F)c2)(C2COCOC2)OC1. The number of halogens is 4. The number of rotatable bonds is 8. The molecular formula is C21H28F4O5. The quantitative estimate of drug-likeness (QED) is 0.434. The van der Waals surface area contributed by atoms with Crippen molar-refractivity contribution in [3.63, 3.8) is 0 Å². The highest BCUT2D eigenvalue weighted by Gasteiger charge is 2.48. The summed E-state index contributed by atoms with van der Waals surface area (Å²) in [6, 6.07) is 3.75. The smallest absolute Gasteiger partial charge is 0.422 e. The lowest BCUT2D eigenvalue weighted by Gasteiger charge is -2.46. The van der Waals surface area contributed by atoms with Gasteiger partial charge in [0.2, 0.25) is 5.79 Å². The second-order valence-corrected chi connectivity index (χ2v) is 7.76. The van der Waals surface area contributed by atoms with Crippen molar-refractivity contribution in [1.82, 2.24) is 0 Å². The molecule has 170 valence electrons. The van der Waals surface area contributed by atoms with Gasteiger partial charge in [0.15, 0.2) is 18.2 Å². The maximum Gasteiger partial charge on any atom is 0.422 e. The molecular weight excluding hydrogens is 408 g/mol. The molecule has 5 nitrogen and oxygen atoms in total. The number of ether oxygens (including phenoxy) is 5. The molecule has 1 aromatic rings. The standard InChI is InChI=1S/C21H28F4O5/c1-2-3-4-5-15-9-29-21(30-10-15,17-11-26-14-27-12-17)16-6-7-19(18(22)8-16)28-13-20(23,24)25/h6-8,15,17H,2-5,9-14H2,1H3. The Kier molecular flexibility index (Phi) is 7.95. The topological polar surface area (TPSA) is 46.2 Å². The van der Waals surface area contributed by atoms with Crippen LogP contribution in [0.1, 0.15) is 38.2 Å². The van der Waals surface area contributed by atoms with Gasteiger partial charge in [0.05, 0.1) is 32.3 Å². The van der Waals surface area contributed by atoms with Gasteiger partial charge in [0.25, 0.3) is 0 Å². The summed E-state index contributed by atoms with van der Waals surface area (Å²) in [6.07, 6.45) is -0.240. The Labute approximate surface area is 173 Å². The molecule has 2 fully saturated rings. The van der Waals surface area contributed by atoms with Crippen molar-refractivity contribution in [1.29, 1.82) is 0 Å². The molecule has 0 N–H and O–H groups in total. The van der Waals surface area contributed by atoms with E-state index in [1.165, 1.54) is 12.1 Å². The van der Waals surface area contributed by atoms with Gasteiger partial charge in [-0.2, -0.15) is 13.2 Å². The summed E-state index contributed by atoms with van der Waals surface area (Å²) < 4.78 is 79.4. The monoisotopic (exact) mass is 436 g/mol. The molecule has 1 aromatic carbocycles. The van der Waals surface area contributed by atoms with Crippen molar-refractivity contribution >= 4 is 0 Å². The number of hydrogen-bond donors (Lipinski definition) is 0. The molecule has 30 heavy (non-hydrogen) atoms. The first-order valence-electron chi connectivity index (χ1n) is 10.3. The van der Waals surface area contributed by atoms with Crippen LogP contribution in [0.3, 0.4) is 0 Å². The van der Waals surface area contributed by atoms with Crippen LogP contribution in [-0.2, 0) is 24.7 Å². The Bertz CT molecular complexity index is 668. The summed E-state index contributed by atoms with van der Waals surface area (Å²) in [7, 11) is 0. The minimum Gasteiger partial charge on any atom is -0.481 e. The predicted octanol–water partition coefficient (Wildman–Crippen LogP) is 4.78. The average Bonchev–Trinajstić information content (AvgIpc) is 2.73. The van der Waals surface area contributed by atoms with Crippen molar-refractivity contribution in [3.05, 3.63) is 29.6 Å². The summed E-state index contributed by atoms with van der Waals surface area (Å²) in [6.45, 7) is 2.21. The maximum absolute atomic E-state index is 14.5. The van der Waals surface area contributed by atoms with Gasteiger partial charge >= 0.3 is 6.18 Å². The van der Waals surface area contributed by atoms with Gasteiger partial charge in [-0.3, -0.25) is 0 Å². The first-order valence-corrected chi connectivity index (χ1v) is 10.3. The fraction of sp³-hybridized carbons (Fsp3) is 0.714. The molecule has 0 radical (unpaired) electrons. The summed E-state index contributed by atoms with van der Waals surface area (Å²) in [5, 5.41) is 0. The molecule has 9 heteroatoms. The summed E-state index contributed by atoms with van der Waals surface area (Å²) >= 11 is 0. The third kappa shape index (κ3) is 5.84. The van der Waals surface area contributed by atoms with Crippen molar-refractivity contribution < 1.29 is 41.2 Å². The predicted molar refractivity (Wildman–Crippen MR) is 99.4 cm³/mol. The first kappa shape index (κ1) is 23.2. The molecule has 3 rings (SSSR count). The number of unbranched alkanes of at least 4 members (excludes halogenated alkanes) is 2. The summed E-state index contributed by atoms with van der Waals surface area (Å²) in [5.74, 6) is -2.79. The Morgan fingerprint density at radius 1 is 1.07 bits per heavy atom. The lowest BCUT2D eigenvalue weighted by molar-refractivity contribution is -0.341. The zero-order valence-electron chi connectivity index (χ0n) is 17.0. The van der Waals surface area contributed by atoms with E-state index in [0.717, 1.165) is 31.7 Å². The molecule has 2 saturated heterocycles. The third-order valence-electron chi connectivity index (χ3n) is 5.35. The van der Waals surface area contributed by atoms with Crippen molar-refractivity contribution in [3.8, 4) is 5.75 Å². The van der Waals surface area contributed by atoms with E-state index in [2.05, 4.69) is 11.7 Å². The molecule has 0 spiro atoms. The van der Waals surface area contributed by atoms with Gasteiger partial charge in [0, 0.05) is 11.5 Å². The van der Waals surface area contributed by atoms with Crippen molar-refractivity contribution in [2.24, 2.45) is 11.8 Å². The zero-order chi connectivity index (χ0) is 21.6. The van der Waals surface area contributed by atoms with Gasteiger partial charge in [-0.25, -0.2) is 4.39 Å². The molecule has 0 unspecified atom stereocenters. The fourth-order valence-corrected chi connectivity index (χ4v) is 3.76. The van der Waals surface area contributed by atoms with Crippen molar-refractivity contribution in [2.75, 3.05) is 39.8 Å². The van der Waals surface area contributed by atoms with Gasteiger partial charge in [0.1, 0.15) is 6.79 Å². The second-order valence-electron chi connectivity index (χ2n) is 7.76. The van der Waals surface area contributed by atoms with Crippen molar-refractivity contribution in [2.45, 2.75) is 44.6 Å². The Morgan fingerprint density at radius 3 is 2.37 bits per heavy atom. The van der Waals surface area contributed by atoms with E-state index in [4.69, 9.17) is 18.9 Å². The average molecular weight is 436 g/mol. The molecule has 0 atom stereocenters. The summed E-state index contributed by atoms with van der Waals surface area (Å²) in [4.78, 5) is 0. The van der Waals surface area contributed by atoms with E-state index in [1.807, 2.05) is 0 Å². The van der Waals surface area contributed by atoms with Crippen LogP contribution in [0.5, 0.6) is 5.75 Å². The van der Waals surface area contributed by atoms with Gasteiger partial charge in [-0.1, -0.05) is 26.2 Å². The molecule has 2 heterocycles. The van der Waals surface area contributed by atoms with Crippen LogP contribution in [0.4, 0.5) is 17.6 Å². The lowest BCUT2D eigenvalue weighted by atomic mass is 9.89. The molecule has 2 aliphatic rings. The van der Waals surface area contributed by atoms with Gasteiger partial charge < -0.3 is 23.7 Å². The lowest BCUT2D eigenvalue weighted by Crippen LogP contribution is -2.51. The largest absolute Gasteiger partial charge is 0.481 e. The zero-order valence-corrected chi connectivity index (χ0v) is 17.0. The van der Waals surface area contributed by atoms with E-state index in [1.54, 1.807) is 0 Å². The van der Waals surface area contributed by atoms with E-state index >= 15 is 0 Å². The maximum atomic E-state index is 14.5. The van der Waals surface area contributed by atoms with E-state index < -0.39 is 30.1 Å². The molecule has 0 saturated carbocycles. The Morgan fingerprint density at radius 2 is 1.77 bits per heavy atom. The third-order valence-corrected chi connectivity index (χ3v) is 5.35. The van der Waals surface area contributed by atoms with Crippen LogP contribution >= 0.6 is 0 Å². The highest BCUT2D eigenvalue weighted by molar-refractivity contribution is 5.32. The highest BCUT2D eigenvalue weighted by Crippen LogP contribution is 2.42. The number of alkyl halides is 3. The fourth-order valence-electron chi connectivity index (χ4n) is 3.76. The van der Waals surface area contributed by atoms with Crippen LogP contribution in [0.15, 0.2) is 18.2 Å². The normalized spacial score (nSPS) is 26.0. The minimum atomic E-state index is -4.55. The molecule has 0 bridgehead atoms. The van der Waals surface area contributed by atoms with Gasteiger partial charge in [-0.15, -0.1) is 0 Å². The van der Waals surface area contributed by atoms with Crippen LogP contribution in [0.25, 0.3) is 0 Å². The minimum absolute atomic E-state index is 0.158. The molecule has 2 aliphatic heterocycles. The second kappa shape index (κ2) is 10.3. The summed E-state index contributed by atoms with van der Waals surface area (Å²) in [5.41, 5.74) is 0.366. The first-order chi connectivity index (χ1) is 14.3. The molecule has 0 aromatic heterocycles. The highest BCUT2D eigenvalue weighted by atomic mass is 19.4. The number of benzene rings is 1. The Balaban J connectivity index is 1.77. The van der Waals surface area contributed by atoms with Crippen LogP contribution in [0, 0.1) is 17.7 Å². The number of hydrogen-bond acceptors (Lipinski definition) is 5. The van der Waals surface area contributed by atoms with Crippen LogP contribution in [-0.4, -0.2) is 46.0 Å². The molecule has 0 aliphatic carbocycles.